The molecular weight excluding hydrogens is 333 g/mol. The molecule has 1 heterocycles. The van der Waals surface area contributed by atoms with E-state index in [1.807, 2.05) is 6.07 Å². The Morgan fingerprint density at radius 1 is 1.05 bits per heavy atom. The Morgan fingerprint density at radius 2 is 1.71 bits per heavy atom. The van der Waals surface area contributed by atoms with E-state index in [4.69, 9.17) is 34.8 Å². The number of rotatable bonds is 3. The smallest absolute Gasteiger partial charge is 0.321 e. The molecule has 0 bridgehead atoms. The third-order valence-electron chi connectivity index (χ3n) is 2.64. The van der Waals surface area contributed by atoms with Crippen LogP contribution < -0.4 is 10.6 Å². The van der Waals surface area contributed by atoms with Gasteiger partial charge < -0.3 is 5.32 Å². The molecule has 0 saturated carbocycles. The second kappa shape index (κ2) is 6.98. The Labute approximate surface area is 137 Å². The van der Waals surface area contributed by atoms with E-state index in [-0.39, 0.29) is 0 Å². The number of nitrogens with one attached hydrogen (secondary N) is 2. The van der Waals surface area contributed by atoms with Gasteiger partial charge in [-0.15, -0.1) is 0 Å². The zero-order chi connectivity index (χ0) is 15.3. The number of hydrogen-bond acceptors (Lipinski definition) is 2. The molecule has 1 aromatic heterocycles. The van der Waals surface area contributed by atoms with Crippen LogP contribution in [-0.4, -0.2) is 14.8 Å². The number of benzene rings is 1. The van der Waals surface area contributed by atoms with E-state index in [1.54, 1.807) is 48.7 Å². The number of anilines is 1. The second-order valence-electron chi connectivity index (χ2n) is 4.20. The lowest BCUT2D eigenvalue weighted by Gasteiger charge is -2.26. The Kier molecular flexibility index (Phi) is 5.28. The summed E-state index contributed by atoms with van der Waals surface area (Å²) in [6.45, 7) is 0. The fourth-order valence-electron chi connectivity index (χ4n) is 1.72. The standard InChI is InChI=1S/C14H12Cl3N3O/c15-14(16,17)12(10-6-2-1-3-7-10)20-13(21)19-11-8-4-5-9-18-11/h1-9,12H,(H2,18,19,20,21). The van der Waals surface area contributed by atoms with Gasteiger partial charge in [-0.05, 0) is 17.7 Å². The highest BCUT2D eigenvalue weighted by Gasteiger charge is 2.35. The molecule has 1 aromatic carbocycles. The van der Waals surface area contributed by atoms with Crippen LogP contribution in [0.2, 0.25) is 0 Å². The fraction of sp³-hybridized carbons (Fsp3) is 0.143. The van der Waals surface area contributed by atoms with Crippen molar-refractivity contribution in [3.63, 3.8) is 0 Å². The fourth-order valence-corrected chi connectivity index (χ4v) is 2.26. The molecule has 2 N–H and O–H groups in total. The highest BCUT2D eigenvalue weighted by Crippen LogP contribution is 2.39. The van der Waals surface area contributed by atoms with Gasteiger partial charge in [-0.3, -0.25) is 5.32 Å². The molecule has 1 atom stereocenters. The van der Waals surface area contributed by atoms with E-state index in [9.17, 15) is 4.79 Å². The van der Waals surface area contributed by atoms with Crippen molar-refractivity contribution in [1.82, 2.24) is 10.3 Å². The number of carbonyl (C=O) groups is 1. The van der Waals surface area contributed by atoms with Crippen LogP contribution in [0.4, 0.5) is 10.6 Å². The highest BCUT2D eigenvalue weighted by molar-refractivity contribution is 6.68. The van der Waals surface area contributed by atoms with Crippen molar-refractivity contribution in [2.45, 2.75) is 9.83 Å². The van der Waals surface area contributed by atoms with Crippen LogP contribution in [0.3, 0.4) is 0 Å². The van der Waals surface area contributed by atoms with Crippen LogP contribution >= 0.6 is 34.8 Å². The lowest BCUT2D eigenvalue weighted by Crippen LogP contribution is -2.39. The van der Waals surface area contributed by atoms with Crippen molar-refractivity contribution < 1.29 is 4.79 Å². The predicted molar refractivity (Wildman–Crippen MR) is 85.9 cm³/mol. The monoisotopic (exact) mass is 343 g/mol. The Balaban J connectivity index is 2.11. The SMILES string of the molecule is O=C(Nc1ccccn1)NC(c1ccccc1)C(Cl)(Cl)Cl. The molecule has 2 aromatic rings. The topological polar surface area (TPSA) is 54.0 Å². The molecule has 4 nitrogen and oxygen atoms in total. The van der Waals surface area contributed by atoms with Crippen molar-refractivity contribution in [1.29, 1.82) is 0 Å². The van der Waals surface area contributed by atoms with E-state index in [1.165, 1.54) is 0 Å². The predicted octanol–water partition coefficient (Wildman–Crippen LogP) is 4.31. The average Bonchev–Trinajstić information content (AvgIpc) is 2.45. The molecule has 0 radical (unpaired) electrons. The molecule has 2 amide bonds. The van der Waals surface area contributed by atoms with Gasteiger partial charge in [0, 0.05) is 6.20 Å². The number of hydrogen-bond donors (Lipinski definition) is 2. The van der Waals surface area contributed by atoms with Gasteiger partial charge in [-0.25, -0.2) is 9.78 Å². The first-order chi connectivity index (χ1) is 9.97. The largest absolute Gasteiger partial charge is 0.327 e. The average molecular weight is 345 g/mol. The molecule has 0 spiro atoms. The number of aromatic nitrogens is 1. The molecular formula is C14H12Cl3N3O. The van der Waals surface area contributed by atoms with Crippen LogP contribution in [0.25, 0.3) is 0 Å². The van der Waals surface area contributed by atoms with Gasteiger partial charge in [0.05, 0.1) is 0 Å². The highest BCUT2D eigenvalue weighted by atomic mass is 35.6. The molecule has 0 aliphatic heterocycles. The van der Waals surface area contributed by atoms with Gasteiger partial charge in [-0.2, -0.15) is 0 Å². The van der Waals surface area contributed by atoms with Crippen LogP contribution in [0, 0.1) is 0 Å². The third-order valence-corrected chi connectivity index (χ3v) is 3.30. The number of amides is 2. The molecule has 0 aliphatic rings. The number of alkyl halides is 3. The third kappa shape index (κ3) is 4.77. The summed E-state index contributed by atoms with van der Waals surface area (Å²) in [5.41, 5.74) is 0.689. The summed E-state index contributed by atoms with van der Waals surface area (Å²) in [5, 5.41) is 5.21. The minimum atomic E-state index is -1.68. The van der Waals surface area contributed by atoms with Crippen molar-refractivity contribution in [3.05, 3.63) is 60.3 Å². The number of carbonyl (C=O) groups excluding carboxylic acids is 1. The van der Waals surface area contributed by atoms with Crippen LogP contribution in [0.1, 0.15) is 11.6 Å². The van der Waals surface area contributed by atoms with E-state index in [0.29, 0.717) is 11.4 Å². The Bertz CT molecular complexity index is 587. The number of pyridine rings is 1. The molecule has 0 saturated heterocycles. The van der Waals surface area contributed by atoms with Gasteiger partial charge in [0.25, 0.3) is 0 Å². The van der Waals surface area contributed by atoms with E-state index < -0.39 is 15.9 Å². The van der Waals surface area contributed by atoms with E-state index >= 15 is 0 Å². The molecule has 1 unspecified atom stereocenters. The molecule has 0 fully saturated rings. The van der Waals surface area contributed by atoms with Crippen molar-refractivity contribution in [2.24, 2.45) is 0 Å². The minimum Gasteiger partial charge on any atom is -0.327 e. The van der Waals surface area contributed by atoms with Gasteiger partial charge >= 0.3 is 6.03 Å². The van der Waals surface area contributed by atoms with E-state index in [0.717, 1.165) is 0 Å². The summed E-state index contributed by atoms with van der Waals surface area (Å²) in [6, 6.07) is 12.9. The second-order valence-corrected chi connectivity index (χ2v) is 6.57. The van der Waals surface area contributed by atoms with Gasteiger partial charge in [-0.1, -0.05) is 71.2 Å². The Morgan fingerprint density at radius 3 is 2.29 bits per heavy atom. The number of halogens is 3. The molecule has 2 rings (SSSR count). The first-order valence-electron chi connectivity index (χ1n) is 6.07. The van der Waals surface area contributed by atoms with Gasteiger partial charge in [0.1, 0.15) is 11.9 Å². The maximum Gasteiger partial charge on any atom is 0.321 e. The van der Waals surface area contributed by atoms with Gasteiger partial charge in [0.15, 0.2) is 0 Å². The number of nitrogens with zero attached hydrogens (tertiary/aromatic N) is 1. The maximum absolute atomic E-state index is 12.0. The maximum atomic E-state index is 12.0. The van der Waals surface area contributed by atoms with Crippen molar-refractivity contribution >= 4 is 46.7 Å². The molecule has 110 valence electrons. The minimum absolute atomic E-state index is 0.408. The molecule has 7 heteroatoms. The summed E-state index contributed by atoms with van der Waals surface area (Å²) in [5.74, 6) is 0.408. The quantitative estimate of drug-likeness (QED) is 0.815. The molecule has 21 heavy (non-hydrogen) atoms. The van der Waals surface area contributed by atoms with Crippen LogP contribution in [0.15, 0.2) is 54.7 Å². The Hall–Kier alpha value is -1.49. The van der Waals surface area contributed by atoms with Crippen molar-refractivity contribution in [2.75, 3.05) is 5.32 Å². The normalized spacial score (nSPS) is 12.5. The lowest BCUT2D eigenvalue weighted by atomic mass is 10.1. The summed E-state index contributed by atoms with van der Waals surface area (Å²) in [7, 11) is 0. The van der Waals surface area contributed by atoms with Crippen LogP contribution in [0.5, 0.6) is 0 Å². The number of urea groups is 1. The zero-order valence-corrected chi connectivity index (χ0v) is 13.0. The first kappa shape index (κ1) is 15.9. The summed E-state index contributed by atoms with van der Waals surface area (Å²) in [6.07, 6.45) is 1.57. The van der Waals surface area contributed by atoms with E-state index in [2.05, 4.69) is 15.6 Å². The summed E-state index contributed by atoms with van der Waals surface area (Å²) >= 11 is 17.9. The van der Waals surface area contributed by atoms with Gasteiger partial charge in [0.2, 0.25) is 3.79 Å². The van der Waals surface area contributed by atoms with Crippen LogP contribution in [-0.2, 0) is 0 Å². The zero-order valence-electron chi connectivity index (χ0n) is 10.8. The molecule has 0 aliphatic carbocycles. The van der Waals surface area contributed by atoms with Crippen molar-refractivity contribution in [3.8, 4) is 0 Å². The summed E-state index contributed by atoms with van der Waals surface area (Å²) < 4.78 is -1.68. The summed E-state index contributed by atoms with van der Waals surface area (Å²) in [4.78, 5) is 16.0. The first-order valence-corrected chi connectivity index (χ1v) is 7.20. The lowest BCUT2D eigenvalue weighted by molar-refractivity contribution is 0.248.